The molecule has 0 aliphatic heterocycles. The van der Waals surface area contributed by atoms with Crippen LogP contribution in [0.3, 0.4) is 0 Å². The zero-order chi connectivity index (χ0) is 38.3. The van der Waals surface area contributed by atoms with Crippen LogP contribution in [0, 0.1) is 16.7 Å². The quantitative estimate of drug-likeness (QED) is 0.0128. The van der Waals surface area contributed by atoms with Crippen LogP contribution in [0.4, 0.5) is 22.0 Å². The van der Waals surface area contributed by atoms with Crippen molar-refractivity contribution in [3.63, 3.8) is 0 Å². The first-order valence-electron chi connectivity index (χ1n) is 17.8. The third-order valence-corrected chi connectivity index (χ3v) is 9.62. The number of carbonyl (C=O) groups excluding carboxylic acids is 3. The first-order chi connectivity index (χ1) is 23.4. The summed E-state index contributed by atoms with van der Waals surface area (Å²) in [6, 6.07) is 0. The Bertz CT molecular complexity index is 1000. The van der Waals surface area contributed by atoms with E-state index < -0.39 is 54.3 Å². The molecule has 56 heavy (non-hydrogen) atoms. The van der Waals surface area contributed by atoms with Crippen molar-refractivity contribution in [2.75, 3.05) is 44.6 Å². The largest absolute Gasteiger partial charge is 0.465 e. The van der Waals surface area contributed by atoms with Gasteiger partial charge in [-0.15, -0.1) is 0 Å². The second-order valence-corrected chi connectivity index (χ2v) is 14.8. The summed E-state index contributed by atoms with van der Waals surface area (Å²) >= 11 is 1.43. The lowest BCUT2D eigenvalue weighted by molar-refractivity contribution is -0.265. The predicted octanol–water partition coefficient (Wildman–Crippen LogP) is 13.6. The van der Waals surface area contributed by atoms with Crippen LogP contribution in [0.2, 0.25) is 0 Å². The maximum Gasteiger partial charge on any atom is 0.337 e. The highest BCUT2D eigenvalue weighted by atomic mass is 32.2. The predicted molar refractivity (Wildman–Crippen MR) is 225 cm³/mol. The zero-order valence-corrected chi connectivity index (χ0v) is 31.8. The number of hydrogen-bond acceptors (Lipinski definition) is 9. The van der Waals surface area contributed by atoms with Gasteiger partial charge in [0.2, 0.25) is 0 Å². The average molecular weight is 845 g/mol. The summed E-state index contributed by atoms with van der Waals surface area (Å²) < 4.78 is 81.1. The van der Waals surface area contributed by atoms with Crippen LogP contribution in [-0.2, 0) is 38.4 Å². The molecule has 0 aromatic carbocycles. The number of hydrogen-bond donors (Lipinski definition) is 0. The van der Waals surface area contributed by atoms with E-state index in [1.54, 1.807) is 13.8 Å². The van der Waals surface area contributed by atoms with Gasteiger partial charge in [0.05, 0.1) is 42.1 Å². The molecule has 0 amide bonds. The van der Waals surface area contributed by atoms with Crippen molar-refractivity contribution in [3.05, 3.63) is 12.3 Å². The monoisotopic (exact) mass is 845 g/mol. The number of rotatable bonds is 31. The number of thioether (sulfide) groups is 1. The van der Waals surface area contributed by atoms with Gasteiger partial charge in [-0.25, -0.2) is 4.39 Å². The van der Waals surface area contributed by atoms with Crippen molar-refractivity contribution >= 4 is 29.7 Å². The fraction of sp³-hybridized carbons (Fsp3) is 0.881. The summed E-state index contributed by atoms with van der Waals surface area (Å²) in [7, 11) is 0. The first-order valence-corrected chi connectivity index (χ1v) is 18.9. The van der Waals surface area contributed by atoms with Crippen LogP contribution in [0.25, 0.3) is 0 Å². The lowest BCUT2D eigenvalue weighted by Crippen LogP contribution is -2.44. The van der Waals surface area contributed by atoms with E-state index in [9.17, 15) is 36.3 Å². The topological polar surface area (TPSA) is 97.4 Å². The highest BCUT2D eigenvalue weighted by Gasteiger charge is 2.56. The molecule has 0 aromatic rings. The minimum Gasteiger partial charge on any atom is -0.465 e. The second kappa shape index (κ2) is 36.0. The minimum absolute atomic E-state index is 0. The van der Waals surface area contributed by atoms with Gasteiger partial charge in [0.15, 0.2) is 6.67 Å². The van der Waals surface area contributed by atoms with Crippen molar-refractivity contribution in [2.24, 2.45) is 16.7 Å². The van der Waals surface area contributed by atoms with Crippen LogP contribution in [0.1, 0.15) is 170 Å². The number of carbonyl (C=O) groups is 3. The van der Waals surface area contributed by atoms with E-state index in [-0.39, 0.29) is 82.5 Å². The first kappa shape index (κ1) is 68.6. The Morgan fingerprint density at radius 3 is 1.68 bits per heavy atom. The molecule has 0 saturated heterocycles. The molecule has 0 aliphatic rings. The van der Waals surface area contributed by atoms with E-state index in [1.807, 2.05) is 0 Å². The number of esters is 3. The highest BCUT2D eigenvalue weighted by Crippen LogP contribution is 2.40. The molecular weight excluding hydrogens is 760 g/mol. The molecule has 0 rings (SSSR count). The van der Waals surface area contributed by atoms with Crippen molar-refractivity contribution in [1.29, 1.82) is 0 Å². The third kappa shape index (κ3) is 28.3. The van der Waals surface area contributed by atoms with Gasteiger partial charge in [-0.3, -0.25) is 14.4 Å². The third-order valence-electron chi connectivity index (χ3n) is 8.36. The Balaban J connectivity index is -0.000000800. The molecule has 0 radical (unpaired) electrons. The van der Waals surface area contributed by atoms with Crippen molar-refractivity contribution in [2.45, 2.75) is 181 Å². The smallest absolute Gasteiger partial charge is 0.337 e. The summed E-state index contributed by atoms with van der Waals surface area (Å²) in [5.41, 5.74) is -2.54. The number of unbranched alkanes of at least 4 members (excludes halogenated alkanes) is 9. The van der Waals surface area contributed by atoms with Gasteiger partial charge >= 0.3 is 29.8 Å². The molecule has 0 N–H and O–H groups in total. The van der Waals surface area contributed by atoms with Crippen molar-refractivity contribution in [1.82, 2.24) is 0 Å². The van der Waals surface area contributed by atoms with Crippen LogP contribution < -0.4 is 0 Å². The SMILES string of the molecule is C.C.C.C.C.C.C=C(CSCC(C)C(=O)OCCCCCCCCCCCC)OOCCOC(=O)C(C)(C)CC(C)(CC)C(=O)OCCC(F)(F)C(F)(F)CF. The molecule has 0 aromatic heterocycles. The molecule has 0 fully saturated rings. The second-order valence-electron chi connectivity index (χ2n) is 13.7. The van der Waals surface area contributed by atoms with Gasteiger partial charge in [0.1, 0.15) is 19.0 Å². The molecule has 0 spiro atoms. The van der Waals surface area contributed by atoms with Crippen LogP contribution in [0.5, 0.6) is 0 Å². The van der Waals surface area contributed by atoms with Gasteiger partial charge in [0.25, 0.3) is 0 Å². The number of ether oxygens (including phenoxy) is 3. The molecule has 2 atom stereocenters. The maximum atomic E-state index is 13.6. The summed E-state index contributed by atoms with van der Waals surface area (Å²) in [4.78, 5) is 47.9. The zero-order valence-electron chi connectivity index (χ0n) is 31.0. The van der Waals surface area contributed by atoms with Gasteiger partial charge in [-0.2, -0.15) is 34.2 Å². The number of alkyl halides is 5. The summed E-state index contributed by atoms with van der Waals surface area (Å²) in [5, 5.41) is 0. The van der Waals surface area contributed by atoms with Crippen LogP contribution in [-0.4, -0.2) is 74.4 Å². The Morgan fingerprint density at radius 2 is 1.18 bits per heavy atom. The normalized spacial score (nSPS) is 12.6. The minimum atomic E-state index is -4.87. The van der Waals surface area contributed by atoms with Crippen molar-refractivity contribution in [3.8, 4) is 0 Å². The molecule has 342 valence electrons. The highest BCUT2D eigenvalue weighted by molar-refractivity contribution is 7.99. The molecule has 8 nitrogen and oxygen atoms in total. The molecule has 0 aliphatic carbocycles. The number of halogens is 5. The molecular formula is C42H85F5O8S. The van der Waals surface area contributed by atoms with E-state index in [1.165, 1.54) is 77.5 Å². The van der Waals surface area contributed by atoms with E-state index in [2.05, 4.69) is 13.5 Å². The molecule has 0 bridgehead atoms. The van der Waals surface area contributed by atoms with Gasteiger partial charge in [-0.1, -0.05) is 130 Å². The summed E-state index contributed by atoms with van der Waals surface area (Å²) in [6.07, 6.45) is 10.6. The average Bonchev–Trinajstić information content (AvgIpc) is 3.06. The Kier molecular flexibility index (Phi) is 44.1. The lowest BCUT2D eigenvalue weighted by Gasteiger charge is -2.34. The maximum absolute atomic E-state index is 13.6. The Hall–Kier alpha value is -2.09. The Morgan fingerprint density at radius 1 is 0.679 bits per heavy atom. The Labute approximate surface area is 344 Å². The van der Waals surface area contributed by atoms with Crippen LogP contribution >= 0.6 is 11.8 Å². The molecule has 14 heteroatoms. The molecule has 0 heterocycles. The van der Waals surface area contributed by atoms with Crippen molar-refractivity contribution < 1.29 is 60.3 Å². The molecule has 2 unspecified atom stereocenters. The molecule has 0 saturated carbocycles. The lowest BCUT2D eigenvalue weighted by atomic mass is 9.72. The van der Waals surface area contributed by atoms with E-state index in [0.717, 1.165) is 19.3 Å². The van der Waals surface area contributed by atoms with E-state index in [4.69, 9.17) is 24.0 Å². The fourth-order valence-corrected chi connectivity index (χ4v) is 5.83. The van der Waals surface area contributed by atoms with Crippen LogP contribution in [0.15, 0.2) is 12.3 Å². The van der Waals surface area contributed by atoms with Gasteiger partial charge < -0.3 is 19.1 Å². The summed E-state index contributed by atoms with van der Waals surface area (Å²) in [5.74, 6) is -10.5. The van der Waals surface area contributed by atoms with E-state index >= 15 is 0 Å². The van der Waals surface area contributed by atoms with Gasteiger partial charge in [-0.05, 0) is 40.0 Å². The van der Waals surface area contributed by atoms with E-state index in [0.29, 0.717) is 23.9 Å². The summed E-state index contributed by atoms with van der Waals surface area (Å²) in [6.45, 7) is 10.4. The van der Waals surface area contributed by atoms with Gasteiger partial charge in [0, 0.05) is 5.75 Å². The fourth-order valence-electron chi connectivity index (χ4n) is 4.95. The standard InChI is InChI=1S/C36H61F5O8S.6CH4/c1-8-10-11-12-13-14-15-16-17-18-20-45-30(42)28(3)24-50-25-29(4)49-48-23-22-47-31(43)33(5,6)26-34(7,9-2)32(44)46-21-19-35(38,39)36(40,41)27-37;;;;;;/h28H,4,8-27H2,1-3,5-7H3;6*1H4.